The fourth-order valence-corrected chi connectivity index (χ4v) is 7.49. The van der Waals surface area contributed by atoms with Crippen LogP contribution in [0.15, 0.2) is 94.5 Å². The minimum absolute atomic E-state index is 0. The summed E-state index contributed by atoms with van der Waals surface area (Å²) >= 11 is 12.6. The SMILES string of the molecule is O=c1c(-c2cc(-c3ccc(C(F)(F)F)cc3)ccc2Cl)c(O)n2n1CCCC2.O=c1c(-c2cc(-c3ccc(C(F)(F)F)cc3)ccc2Cl)c(O)n2n1CCCC2.[Na+].[OH-]. The number of benzene rings is 4. The van der Waals surface area contributed by atoms with E-state index in [9.17, 15) is 46.1 Å². The second kappa shape index (κ2) is 17.5. The van der Waals surface area contributed by atoms with Crippen molar-refractivity contribution in [3.05, 3.63) is 127 Å². The quantitative estimate of drug-likeness (QED) is 0.144. The molecule has 0 aliphatic carbocycles. The first-order chi connectivity index (χ1) is 26.5. The van der Waals surface area contributed by atoms with E-state index < -0.39 is 23.5 Å². The summed E-state index contributed by atoms with van der Waals surface area (Å²) in [6.45, 7) is 2.11. The topological polar surface area (TPSA) is 124 Å². The maximum Gasteiger partial charge on any atom is 1.00 e. The number of hydrogen-bond acceptors (Lipinski definition) is 5. The molecule has 2 aliphatic heterocycles. The van der Waals surface area contributed by atoms with Gasteiger partial charge in [-0.1, -0.05) is 59.6 Å². The molecule has 2 aliphatic rings. The minimum Gasteiger partial charge on any atom is -0.870 e. The number of aromatic nitrogens is 4. The molecule has 18 heteroatoms. The predicted octanol–water partition coefficient (Wildman–Crippen LogP) is 7.14. The number of fused-ring (bicyclic) bond motifs is 2. The van der Waals surface area contributed by atoms with Gasteiger partial charge in [0.05, 0.1) is 11.1 Å². The van der Waals surface area contributed by atoms with Crippen molar-refractivity contribution in [3.8, 4) is 56.3 Å². The number of hydrogen-bond donors (Lipinski definition) is 2. The summed E-state index contributed by atoms with van der Waals surface area (Å²) in [6.07, 6.45) is -5.39. The Balaban J connectivity index is 0.000000214. The Morgan fingerprint density at radius 1 is 0.483 bits per heavy atom. The average molecular weight is 858 g/mol. The van der Waals surface area contributed by atoms with Crippen molar-refractivity contribution in [1.29, 1.82) is 0 Å². The van der Waals surface area contributed by atoms with Gasteiger partial charge in [-0.15, -0.1) is 0 Å². The van der Waals surface area contributed by atoms with Crippen LogP contribution in [0.1, 0.15) is 36.8 Å². The van der Waals surface area contributed by atoms with Gasteiger partial charge < -0.3 is 15.7 Å². The van der Waals surface area contributed by atoms with Crippen LogP contribution in [-0.2, 0) is 38.5 Å². The van der Waals surface area contributed by atoms with Crippen molar-refractivity contribution in [2.75, 3.05) is 0 Å². The smallest absolute Gasteiger partial charge is 0.870 e. The molecule has 0 amide bonds. The van der Waals surface area contributed by atoms with Crippen LogP contribution in [0.2, 0.25) is 10.0 Å². The summed E-state index contributed by atoms with van der Waals surface area (Å²) in [5, 5.41) is 21.7. The van der Waals surface area contributed by atoms with Gasteiger partial charge in [0.1, 0.15) is 11.1 Å². The Bertz CT molecular complexity index is 2380. The zero-order valence-corrected chi connectivity index (χ0v) is 34.2. The maximum atomic E-state index is 12.8. The van der Waals surface area contributed by atoms with Crippen LogP contribution in [0.5, 0.6) is 11.8 Å². The average Bonchev–Trinajstić information content (AvgIpc) is 3.59. The third-order valence-corrected chi connectivity index (χ3v) is 10.6. The van der Waals surface area contributed by atoms with E-state index in [1.54, 1.807) is 45.8 Å². The van der Waals surface area contributed by atoms with E-state index in [4.69, 9.17) is 23.2 Å². The Morgan fingerprint density at radius 3 is 1.07 bits per heavy atom. The van der Waals surface area contributed by atoms with E-state index in [1.165, 1.54) is 33.6 Å². The Morgan fingerprint density at radius 2 is 0.776 bits per heavy atom. The van der Waals surface area contributed by atoms with Crippen molar-refractivity contribution in [3.63, 3.8) is 0 Å². The molecule has 0 bridgehead atoms. The van der Waals surface area contributed by atoms with Crippen LogP contribution >= 0.6 is 23.2 Å². The van der Waals surface area contributed by atoms with E-state index in [1.807, 2.05) is 0 Å². The number of halogens is 8. The second-order valence-electron chi connectivity index (χ2n) is 13.5. The molecule has 6 aromatic rings. The Hall–Kier alpha value is -4.38. The molecular formula is C40H33Cl2F6N4NaO5. The standard InChI is InChI=1S/2C20H16ClF3N2O2.Na.H2O/c2*21-16-8-5-13(12-3-6-14(7-4-12)20(22,23)24)11-15(16)17-18(27)25-9-1-2-10-26(25)19(17)28;;/h2*3-8,11,27H,1-2,9-10H2;;1H2/q;;+1;/p-1. The van der Waals surface area contributed by atoms with E-state index in [-0.39, 0.29) is 79.1 Å². The van der Waals surface area contributed by atoms with Gasteiger partial charge in [0.25, 0.3) is 11.1 Å². The number of nitrogens with zero attached hydrogens (tertiary/aromatic N) is 4. The molecule has 0 radical (unpaired) electrons. The summed E-state index contributed by atoms with van der Waals surface area (Å²) in [5.41, 5.74) is 1.11. The molecule has 9 nitrogen and oxygen atoms in total. The molecule has 0 unspecified atom stereocenters. The summed E-state index contributed by atoms with van der Waals surface area (Å²) in [6, 6.07) is 19.2. The van der Waals surface area contributed by atoms with Gasteiger partial charge in [0.2, 0.25) is 11.8 Å². The van der Waals surface area contributed by atoms with Gasteiger partial charge in [-0.3, -0.25) is 19.0 Å². The van der Waals surface area contributed by atoms with Crippen LogP contribution in [0, 0.1) is 0 Å². The normalized spacial score (nSPS) is 13.7. The van der Waals surface area contributed by atoms with Crippen LogP contribution in [0.3, 0.4) is 0 Å². The minimum atomic E-state index is -4.41. The first-order valence-corrected chi connectivity index (χ1v) is 18.3. The molecule has 0 atom stereocenters. The summed E-state index contributed by atoms with van der Waals surface area (Å²) in [4.78, 5) is 25.6. The molecule has 8 rings (SSSR count). The summed E-state index contributed by atoms with van der Waals surface area (Å²) < 4.78 is 82.7. The monoisotopic (exact) mass is 856 g/mol. The summed E-state index contributed by atoms with van der Waals surface area (Å²) in [5.74, 6) is -0.285. The van der Waals surface area contributed by atoms with Gasteiger partial charge in [0.15, 0.2) is 0 Å². The molecule has 300 valence electrons. The first kappa shape index (κ1) is 44.7. The van der Waals surface area contributed by atoms with E-state index in [2.05, 4.69) is 0 Å². The number of aromatic hydroxyl groups is 2. The number of alkyl halides is 6. The van der Waals surface area contributed by atoms with Gasteiger partial charge in [0, 0.05) is 47.4 Å². The largest absolute Gasteiger partial charge is 1.00 e. The zero-order valence-electron chi connectivity index (χ0n) is 30.7. The van der Waals surface area contributed by atoms with Gasteiger partial charge in [-0.2, -0.15) is 26.3 Å². The molecule has 58 heavy (non-hydrogen) atoms. The third-order valence-electron chi connectivity index (χ3n) is 9.96. The molecule has 4 heterocycles. The summed E-state index contributed by atoms with van der Waals surface area (Å²) in [7, 11) is 0. The van der Waals surface area contributed by atoms with Gasteiger partial charge >= 0.3 is 41.9 Å². The first-order valence-electron chi connectivity index (χ1n) is 17.5. The molecule has 0 saturated carbocycles. The zero-order chi connectivity index (χ0) is 40.1. The van der Waals surface area contributed by atoms with Crippen LogP contribution in [0.25, 0.3) is 44.5 Å². The molecule has 0 spiro atoms. The Labute approximate surface area is 358 Å². The molecule has 0 fully saturated rings. The molecule has 4 aromatic carbocycles. The van der Waals surface area contributed by atoms with Crippen LogP contribution in [-0.4, -0.2) is 34.4 Å². The third kappa shape index (κ3) is 8.66. The Kier molecular flexibility index (Phi) is 13.5. The van der Waals surface area contributed by atoms with Crippen molar-refractivity contribution in [2.24, 2.45) is 0 Å². The fraction of sp³-hybridized carbons (Fsp3) is 0.250. The van der Waals surface area contributed by atoms with Crippen molar-refractivity contribution in [2.45, 2.75) is 64.2 Å². The van der Waals surface area contributed by atoms with Gasteiger partial charge in [-0.05, 0) is 96.5 Å². The van der Waals surface area contributed by atoms with E-state index in [0.717, 1.165) is 49.9 Å². The van der Waals surface area contributed by atoms with E-state index >= 15 is 0 Å². The molecule has 2 aromatic heterocycles. The van der Waals surface area contributed by atoms with Crippen LogP contribution in [0.4, 0.5) is 26.3 Å². The van der Waals surface area contributed by atoms with Crippen LogP contribution < -0.4 is 40.7 Å². The maximum absolute atomic E-state index is 12.8. The number of rotatable bonds is 4. The van der Waals surface area contributed by atoms with Crippen molar-refractivity contribution in [1.82, 2.24) is 18.7 Å². The van der Waals surface area contributed by atoms with Gasteiger partial charge in [-0.25, -0.2) is 9.36 Å². The van der Waals surface area contributed by atoms with E-state index in [0.29, 0.717) is 59.6 Å². The second-order valence-corrected chi connectivity index (χ2v) is 14.3. The molecular weight excluding hydrogens is 824 g/mol. The van der Waals surface area contributed by atoms with Crippen molar-refractivity contribution < 1.29 is 71.6 Å². The predicted molar refractivity (Wildman–Crippen MR) is 203 cm³/mol. The molecule has 0 saturated heterocycles. The fourth-order valence-electron chi connectivity index (χ4n) is 7.07. The molecule has 3 N–H and O–H groups in total. The van der Waals surface area contributed by atoms with Crippen molar-refractivity contribution >= 4 is 23.2 Å².